The van der Waals surface area contributed by atoms with Gasteiger partial charge in [-0.05, 0) is 19.4 Å². The molecule has 1 aromatic heterocycles. The summed E-state index contributed by atoms with van der Waals surface area (Å²) in [6.45, 7) is 1.51. The average molecular weight is 200 g/mol. The maximum absolute atomic E-state index is 5.43. The number of ether oxygens (including phenoxy) is 1. The minimum absolute atomic E-state index is 0.754. The number of methoxy groups -OCH3 is 1. The van der Waals surface area contributed by atoms with Crippen molar-refractivity contribution in [3.8, 4) is 0 Å². The molecule has 0 fully saturated rings. The first-order chi connectivity index (χ1) is 6.36. The van der Waals surface area contributed by atoms with Gasteiger partial charge in [0.2, 0.25) is 0 Å². The summed E-state index contributed by atoms with van der Waals surface area (Å²) in [6.07, 6.45) is 4.97. The van der Waals surface area contributed by atoms with Crippen LogP contribution in [-0.2, 0) is 17.6 Å². The standard InChI is InChI=1S/C9H16N2OS/c1-12-6-4-9-11-7-8(13-9)3-2-5-10/h7H,2-6,10H2,1H3. The number of nitrogens with two attached hydrogens (primary N) is 1. The fraction of sp³-hybridized carbons (Fsp3) is 0.667. The summed E-state index contributed by atoms with van der Waals surface area (Å²) < 4.78 is 4.98. The van der Waals surface area contributed by atoms with Gasteiger partial charge < -0.3 is 10.5 Å². The molecule has 0 saturated heterocycles. The van der Waals surface area contributed by atoms with Gasteiger partial charge in [-0.3, -0.25) is 0 Å². The summed E-state index contributed by atoms with van der Waals surface area (Å²) in [6, 6.07) is 0. The largest absolute Gasteiger partial charge is 0.384 e. The van der Waals surface area contributed by atoms with Crippen molar-refractivity contribution in [3.63, 3.8) is 0 Å². The van der Waals surface area contributed by atoms with E-state index in [9.17, 15) is 0 Å². The first-order valence-corrected chi connectivity index (χ1v) is 5.31. The van der Waals surface area contributed by atoms with Crippen molar-refractivity contribution in [1.29, 1.82) is 0 Å². The van der Waals surface area contributed by atoms with E-state index < -0.39 is 0 Å². The zero-order valence-electron chi connectivity index (χ0n) is 7.95. The van der Waals surface area contributed by atoms with Crippen molar-refractivity contribution in [3.05, 3.63) is 16.1 Å². The van der Waals surface area contributed by atoms with E-state index in [0.29, 0.717) is 0 Å². The van der Waals surface area contributed by atoms with E-state index in [1.54, 1.807) is 18.4 Å². The van der Waals surface area contributed by atoms with Gasteiger partial charge in [0, 0.05) is 24.6 Å². The maximum atomic E-state index is 5.43. The Bertz CT molecular complexity index is 215. The number of aromatic nitrogens is 1. The maximum Gasteiger partial charge on any atom is 0.0950 e. The summed E-state index contributed by atoms with van der Waals surface area (Å²) >= 11 is 1.77. The van der Waals surface area contributed by atoms with E-state index in [1.165, 1.54) is 4.88 Å². The van der Waals surface area contributed by atoms with Crippen LogP contribution in [0.3, 0.4) is 0 Å². The monoisotopic (exact) mass is 200 g/mol. The molecule has 0 amide bonds. The Balaban J connectivity index is 2.34. The van der Waals surface area contributed by atoms with E-state index in [0.717, 1.165) is 37.4 Å². The molecule has 0 aliphatic carbocycles. The van der Waals surface area contributed by atoms with E-state index in [1.807, 2.05) is 6.20 Å². The molecule has 1 rings (SSSR count). The summed E-state index contributed by atoms with van der Waals surface area (Å²) in [5.74, 6) is 0. The van der Waals surface area contributed by atoms with Crippen LogP contribution in [0.5, 0.6) is 0 Å². The van der Waals surface area contributed by atoms with E-state index in [4.69, 9.17) is 10.5 Å². The van der Waals surface area contributed by atoms with Crippen LogP contribution in [0.4, 0.5) is 0 Å². The molecule has 0 aliphatic heterocycles. The highest BCUT2D eigenvalue weighted by molar-refractivity contribution is 7.11. The van der Waals surface area contributed by atoms with Crippen molar-refractivity contribution in [2.75, 3.05) is 20.3 Å². The lowest BCUT2D eigenvalue weighted by atomic mass is 10.3. The SMILES string of the molecule is COCCc1ncc(CCCN)s1. The van der Waals surface area contributed by atoms with Crippen LogP contribution in [0, 0.1) is 0 Å². The molecule has 0 atom stereocenters. The van der Waals surface area contributed by atoms with E-state index in [2.05, 4.69) is 4.98 Å². The number of nitrogens with zero attached hydrogens (tertiary/aromatic N) is 1. The van der Waals surface area contributed by atoms with Crippen LogP contribution < -0.4 is 5.73 Å². The van der Waals surface area contributed by atoms with Gasteiger partial charge in [-0.1, -0.05) is 0 Å². The Hall–Kier alpha value is -0.450. The van der Waals surface area contributed by atoms with Gasteiger partial charge in [0.1, 0.15) is 0 Å². The molecule has 4 heteroatoms. The predicted molar refractivity (Wildman–Crippen MR) is 55.1 cm³/mol. The number of thiazole rings is 1. The number of rotatable bonds is 6. The highest BCUT2D eigenvalue weighted by Crippen LogP contribution is 2.14. The van der Waals surface area contributed by atoms with Crippen molar-refractivity contribution in [2.24, 2.45) is 5.73 Å². The molecular weight excluding hydrogens is 184 g/mol. The average Bonchev–Trinajstić information content (AvgIpc) is 2.59. The minimum atomic E-state index is 0.754. The molecular formula is C9H16N2OS. The topological polar surface area (TPSA) is 48.1 Å². The molecule has 0 bridgehead atoms. The number of hydrogen-bond donors (Lipinski definition) is 1. The molecule has 2 N–H and O–H groups in total. The summed E-state index contributed by atoms with van der Waals surface area (Å²) in [7, 11) is 1.71. The van der Waals surface area contributed by atoms with Gasteiger partial charge in [0.05, 0.1) is 11.6 Å². The van der Waals surface area contributed by atoms with Crippen LogP contribution in [0.2, 0.25) is 0 Å². The van der Waals surface area contributed by atoms with Crippen molar-refractivity contribution in [1.82, 2.24) is 4.98 Å². The van der Waals surface area contributed by atoms with Crippen LogP contribution in [0.25, 0.3) is 0 Å². The minimum Gasteiger partial charge on any atom is -0.384 e. The van der Waals surface area contributed by atoms with E-state index in [-0.39, 0.29) is 0 Å². The van der Waals surface area contributed by atoms with Crippen LogP contribution in [-0.4, -0.2) is 25.2 Å². The molecule has 0 radical (unpaired) electrons. The van der Waals surface area contributed by atoms with Gasteiger partial charge >= 0.3 is 0 Å². The lowest BCUT2D eigenvalue weighted by molar-refractivity contribution is 0.202. The van der Waals surface area contributed by atoms with Gasteiger partial charge in [0.25, 0.3) is 0 Å². The first kappa shape index (κ1) is 10.6. The summed E-state index contributed by atoms with van der Waals surface area (Å²) in [5, 5.41) is 1.16. The number of aryl methyl sites for hydroxylation is 1. The fourth-order valence-corrected chi connectivity index (χ4v) is 1.99. The second-order valence-electron chi connectivity index (χ2n) is 2.86. The predicted octanol–water partition coefficient (Wildman–Crippen LogP) is 1.22. The van der Waals surface area contributed by atoms with Crippen LogP contribution in [0.1, 0.15) is 16.3 Å². The Labute approximate surface area is 82.9 Å². The lowest BCUT2D eigenvalue weighted by Gasteiger charge is -1.93. The Morgan fingerprint density at radius 3 is 3.08 bits per heavy atom. The molecule has 13 heavy (non-hydrogen) atoms. The van der Waals surface area contributed by atoms with Crippen molar-refractivity contribution in [2.45, 2.75) is 19.3 Å². The quantitative estimate of drug-likeness (QED) is 0.751. The zero-order valence-corrected chi connectivity index (χ0v) is 8.77. The van der Waals surface area contributed by atoms with Gasteiger partial charge in [-0.15, -0.1) is 11.3 Å². The first-order valence-electron chi connectivity index (χ1n) is 4.49. The summed E-state index contributed by atoms with van der Waals surface area (Å²) in [4.78, 5) is 5.63. The number of hydrogen-bond acceptors (Lipinski definition) is 4. The highest BCUT2D eigenvalue weighted by Gasteiger charge is 2.00. The molecule has 0 saturated carbocycles. The third-order valence-electron chi connectivity index (χ3n) is 1.75. The third kappa shape index (κ3) is 3.85. The second kappa shape index (κ2) is 6.07. The van der Waals surface area contributed by atoms with Gasteiger partial charge in [0.15, 0.2) is 0 Å². The highest BCUT2D eigenvalue weighted by atomic mass is 32.1. The van der Waals surface area contributed by atoms with Gasteiger partial charge in [-0.2, -0.15) is 0 Å². The Morgan fingerprint density at radius 2 is 2.38 bits per heavy atom. The molecule has 0 aliphatic rings. The molecule has 0 unspecified atom stereocenters. The molecule has 3 nitrogen and oxygen atoms in total. The Morgan fingerprint density at radius 1 is 1.54 bits per heavy atom. The van der Waals surface area contributed by atoms with Crippen molar-refractivity contribution < 1.29 is 4.74 Å². The van der Waals surface area contributed by atoms with Crippen LogP contribution >= 0.6 is 11.3 Å². The van der Waals surface area contributed by atoms with Crippen molar-refractivity contribution >= 4 is 11.3 Å². The molecule has 1 aromatic rings. The second-order valence-corrected chi connectivity index (χ2v) is 4.06. The third-order valence-corrected chi connectivity index (χ3v) is 2.87. The summed E-state index contributed by atoms with van der Waals surface area (Å²) in [5.41, 5.74) is 5.43. The van der Waals surface area contributed by atoms with E-state index >= 15 is 0 Å². The van der Waals surface area contributed by atoms with Crippen LogP contribution in [0.15, 0.2) is 6.20 Å². The van der Waals surface area contributed by atoms with Gasteiger partial charge in [-0.25, -0.2) is 4.98 Å². The molecule has 1 heterocycles. The zero-order chi connectivity index (χ0) is 9.52. The Kier molecular flexibility index (Phi) is 4.97. The molecule has 74 valence electrons. The fourth-order valence-electron chi connectivity index (χ4n) is 1.04. The normalized spacial score (nSPS) is 10.6. The molecule has 0 spiro atoms. The molecule has 0 aromatic carbocycles. The lowest BCUT2D eigenvalue weighted by Crippen LogP contribution is -1.99. The smallest absolute Gasteiger partial charge is 0.0950 e.